The average Bonchev–Trinajstić information content (AvgIpc) is 2.45. The molecule has 0 radical (unpaired) electrons. The predicted octanol–water partition coefficient (Wildman–Crippen LogP) is 0.571. The van der Waals surface area contributed by atoms with E-state index in [1.807, 2.05) is 0 Å². The van der Waals surface area contributed by atoms with Crippen LogP contribution in [0.4, 0.5) is 5.69 Å². The molecule has 0 atom stereocenters. The maximum absolute atomic E-state index is 12.1. The Balaban J connectivity index is 2.58. The number of methoxy groups -OCH3 is 1. The lowest BCUT2D eigenvalue weighted by Crippen LogP contribution is -2.28. The molecule has 0 aliphatic rings. The molecule has 0 aliphatic carbocycles. The number of anilines is 1. The summed E-state index contributed by atoms with van der Waals surface area (Å²) in [5.74, 6) is -0.843. The van der Waals surface area contributed by atoms with E-state index in [2.05, 4.69) is 10.6 Å². The van der Waals surface area contributed by atoms with Crippen LogP contribution in [0.5, 0.6) is 0 Å². The first-order valence-electron chi connectivity index (χ1n) is 6.71. The SMILES string of the molecule is COCCNC(=O)CCS(=O)(=O)c1ccc(NC(C)=O)cc1. The summed E-state index contributed by atoms with van der Waals surface area (Å²) in [5, 5.41) is 5.12. The van der Waals surface area contributed by atoms with E-state index >= 15 is 0 Å². The monoisotopic (exact) mass is 328 g/mol. The van der Waals surface area contributed by atoms with Crippen LogP contribution in [0.25, 0.3) is 0 Å². The van der Waals surface area contributed by atoms with E-state index < -0.39 is 9.84 Å². The fourth-order valence-corrected chi connectivity index (χ4v) is 2.92. The highest BCUT2D eigenvalue weighted by atomic mass is 32.2. The van der Waals surface area contributed by atoms with Crippen molar-refractivity contribution in [1.29, 1.82) is 0 Å². The summed E-state index contributed by atoms with van der Waals surface area (Å²) < 4.78 is 29.0. The zero-order valence-corrected chi connectivity index (χ0v) is 13.4. The maximum atomic E-state index is 12.1. The summed E-state index contributed by atoms with van der Waals surface area (Å²) >= 11 is 0. The van der Waals surface area contributed by atoms with Crippen LogP contribution in [0, 0.1) is 0 Å². The number of sulfone groups is 1. The Kier molecular flexibility index (Phi) is 7.00. The summed E-state index contributed by atoms with van der Waals surface area (Å²) in [4.78, 5) is 22.5. The van der Waals surface area contributed by atoms with Crippen LogP contribution in [0.3, 0.4) is 0 Å². The van der Waals surface area contributed by atoms with Crippen molar-refractivity contribution in [2.75, 3.05) is 31.3 Å². The number of nitrogens with one attached hydrogen (secondary N) is 2. The number of hydrogen-bond acceptors (Lipinski definition) is 5. The fourth-order valence-electron chi connectivity index (χ4n) is 1.67. The van der Waals surface area contributed by atoms with Crippen LogP contribution in [0.2, 0.25) is 0 Å². The van der Waals surface area contributed by atoms with E-state index in [0.29, 0.717) is 18.8 Å². The van der Waals surface area contributed by atoms with Gasteiger partial charge in [0.05, 0.1) is 17.3 Å². The average molecular weight is 328 g/mol. The Hall–Kier alpha value is -1.93. The minimum absolute atomic E-state index is 0.112. The third-order valence-electron chi connectivity index (χ3n) is 2.76. The topological polar surface area (TPSA) is 102 Å². The third kappa shape index (κ3) is 6.23. The van der Waals surface area contributed by atoms with E-state index in [1.165, 1.54) is 38.3 Å². The van der Waals surface area contributed by atoms with Crippen LogP contribution in [-0.4, -0.2) is 46.2 Å². The second-order valence-corrected chi connectivity index (χ2v) is 6.73. The molecule has 0 spiro atoms. The van der Waals surface area contributed by atoms with Gasteiger partial charge in [0, 0.05) is 32.7 Å². The molecule has 2 N–H and O–H groups in total. The molecule has 0 saturated carbocycles. The van der Waals surface area contributed by atoms with Gasteiger partial charge in [-0.2, -0.15) is 0 Å². The molecule has 1 aromatic rings. The zero-order valence-electron chi connectivity index (χ0n) is 12.6. The summed E-state index contributed by atoms with van der Waals surface area (Å²) in [7, 11) is -2.02. The van der Waals surface area contributed by atoms with E-state index in [0.717, 1.165) is 0 Å². The second kappa shape index (κ2) is 8.50. The Morgan fingerprint density at radius 1 is 1.18 bits per heavy atom. The van der Waals surface area contributed by atoms with E-state index in [9.17, 15) is 18.0 Å². The largest absolute Gasteiger partial charge is 0.383 e. The van der Waals surface area contributed by atoms with Crippen molar-refractivity contribution < 1.29 is 22.7 Å². The molecule has 2 amide bonds. The molecule has 0 heterocycles. The molecule has 0 fully saturated rings. The van der Waals surface area contributed by atoms with Crippen molar-refractivity contribution in [3.63, 3.8) is 0 Å². The number of carbonyl (C=O) groups excluding carboxylic acids is 2. The van der Waals surface area contributed by atoms with Gasteiger partial charge in [0.15, 0.2) is 9.84 Å². The first kappa shape index (κ1) is 18.1. The number of amides is 2. The molecular weight excluding hydrogens is 308 g/mol. The third-order valence-corrected chi connectivity index (χ3v) is 4.49. The number of carbonyl (C=O) groups is 2. The van der Waals surface area contributed by atoms with Gasteiger partial charge in [-0.1, -0.05) is 0 Å². The van der Waals surface area contributed by atoms with Crippen molar-refractivity contribution in [2.45, 2.75) is 18.2 Å². The van der Waals surface area contributed by atoms with Gasteiger partial charge in [0.2, 0.25) is 11.8 Å². The van der Waals surface area contributed by atoms with Crippen molar-refractivity contribution >= 4 is 27.3 Å². The predicted molar refractivity (Wildman–Crippen MR) is 82.3 cm³/mol. The second-order valence-electron chi connectivity index (χ2n) is 4.62. The van der Waals surface area contributed by atoms with Gasteiger partial charge in [0.25, 0.3) is 0 Å². The minimum Gasteiger partial charge on any atom is -0.383 e. The first-order chi connectivity index (χ1) is 10.3. The lowest BCUT2D eigenvalue weighted by molar-refractivity contribution is -0.121. The van der Waals surface area contributed by atoms with Gasteiger partial charge in [-0.25, -0.2) is 8.42 Å². The smallest absolute Gasteiger partial charge is 0.221 e. The van der Waals surface area contributed by atoms with Crippen molar-refractivity contribution in [1.82, 2.24) is 5.32 Å². The quantitative estimate of drug-likeness (QED) is 0.679. The molecule has 122 valence electrons. The molecule has 7 nitrogen and oxygen atoms in total. The molecular formula is C14H20N2O5S. The first-order valence-corrected chi connectivity index (χ1v) is 8.36. The highest BCUT2D eigenvalue weighted by molar-refractivity contribution is 7.91. The van der Waals surface area contributed by atoms with E-state index in [4.69, 9.17) is 4.74 Å². The lowest BCUT2D eigenvalue weighted by Gasteiger charge is -2.07. The molecule has 8 heteroatoms. The Labute approximate surface area is 130 Å². The van der Waals surface area contributed by atoms with Gasteiger partial charge in [-0.3, -0.25) is 9.59 Å². The molecule has 0 aliphatic heterocycles. The van der Waals surface area contributed by atoms with Crippen LogP contribution in [-0.2, 0) is 24.2 Å². The highest BCUT2D eigenvalue weighted by Gasteiger charge is 2.16. The van der Waals surface area contributed by atoms with Crippen LogP contribution in [0.1, 0.15) is 13.3 Å². The van der Waals surface area contributed by atoms with Crippen LogP contribution in [0.15, 0.2) is 29.2 Å². The summed E-state index contributed by atoms with van der Waals surface area (Å²) in [5.41, 5.74) is 0.517. The number of hydrogen-bond donors (Lipinski definition) is 2. The van der Waals surface area contributed by atoms with Crippen molar-refractivity contribution in [3.8, 4) is 0 Å². The van der Waals surface area contributed by atoms with Crippen LogP contribution < -0.4 is 10.6 Å². The lowest BCUT2D eigenvalue weighted by atomic mass is 10.3. The highest BCUT2D eigenvalue weighted by Crippen LogP contribution is 2.16. The van der Waals surface area contributed by atoms with E-state index in [1.54, 1.807) is 0 Å². The molecule has 1 aromatic carbocycles. The maximum Gasteiger partial charge on any atom is 0.221 e. The summed E-state index contributed by atoms with van der Waals surface area (Å²) in [6, 6.07) is 5.83. The normalized spacial score (nSPS) is 11.0. The number of rotatable bonds is 8. The minimum atomic E-state index is -3.54. The molecule has 0 unspecified atom stereocenters. The Morgan fingerprint density at radius 2 is 1.82 bits per heavy atom. The summed E-state index contributed by atoms with van der Waals surface area (Å²) in [6.07, 6.45) is -0.112. The zero-order chi connectivity index (χ0) is 16.6. The molecule has 0 saturated heterocycles. The molecule has 0 aromatic heterocycles. The molecule has 22 heavy (non-hydrogen) atoms. The Morgan fingerprint density at radius 3 is 2.36 bits per heavy atom. The number of benzene rings is 1. The Bertz CT molecular complexity index is 611. The van der Waals surface area contributed by atoms with Crippen molar-refractivity contribution in [2.24, 2.45) is 0 Å². The number of ether oxygens (including phenoxy) is 1. The van der Waals surface area contributed by atoms with Crippen LogP contribution >= 0.6 is 0 Å². The van der Waals surface area contributed by atoms with E-state index in [-0.39, 0.29) is 28.9 Å². The van der Waals surface area contributed by atoms with Gasteiger partial charge >= 0.3 is 0 Å². The summed E-state index contributed by atoms with van der Waals surface area (Å²) in [6.45, 7) is 2.09. The van der Waals surface area contributed by atoms with Gasteiger partial charge in [-0.15, -0.1) is 0 Å². The fraction of sp³-hybridized carbons (Fsp3) is 0.429. The molecule has 0 bridgehead atoms. The molecule has 1 rings (SSSR count). The van der Waals surface area contributed by atoms with Crippen molar-refractivity contribution in [3.05, 3.63) is 24.3 Å². The van der Waals surface area contributed by atoms with Gasteiger partial charge < -0.3 is 15.4 Å². The van der Waals surface area contributed by atoms with Gasteiger partial charge in [0.1, 0.15) is 0 Å². The standard InChI is InChI=1S/C14H20N2O5S/c1-11(17)16-12-3-5-13(6-4-12)22(19,20)10-7-14(18)15-8-9-21-2/h3-6H,7-10H2,1-2H3,(H,15,18)(H,16,17). The van der Waals surface area contributed by atoms with Gasteiger partial charge in [-0.05, 0) is 24.3 Å².